The van der Waals surface area contributed by atoms with Crippen molar-refractivity contribution in [3.8, 4) is 0 Å². The highest BCUT2D eigenvalue weighted by Crippen LogP contribution is 2.22. The number of esters is 1. The van der Waals surface area contributed by atoms with Crippen LogP contribution >= 0.6 is 0 Å². The highest BCUT2D eigenvalue weighted by Gasteiger charge is 2.14. The maximum Gasteiger partial charge on any atom is 0.338 e. The summed E-state index contributed by atoms with van der Waals surface area (Å²) in [4.78, 5) is 11.5. The molecule has 0 fully saturated rings. The number of rotatable bonds is 4. The lowest BCUT2D eigenvalue weighted by molar-refractivity contribution is 0.0600. The van der Waals surface area contributed by atoms with E-state index in [9.17, 15) is 13.6 Å². The third kappa shape index (κ3) is 5.19. The fourth-order valence-electron chi connectivity index (χ4n) is 1.87. The lowest BCUT2D eigenvalue weighted by Crippen LogP contribution is -2.06. The monoisotopic (exact) mass is 346 g/mol. The number of carbonyl (C=O) groups excluding carboxylic acids is 1. The number of hydrogen-bond donors (Lipinski definition) is 1. The van der Waals surface area contributed by atoms with Gasteiger partial charge in [0.25, 0.3) is 0 Å². The molecule has 24 heavy (non-hydrogen) atoms. The van der Waals surface area contributed by atoms with Crippen LogP contribution in [0.1, 0.15) is 22.9 Å². The minimum absolute atomic E-state index is 0. The fraction of sp³-hybridized carbons (Fsp3) is 0.0556. The molecule has 0 amide bonds. The van der Waals surface area contributed by atoms with Gasteiger partial charge in [0.1, 0.15) is 0 Å². The minimum Gasteiger partial charge on any atom is -0.768 e. The summed E-state index contributed by atoms with van der Waals surface area (Å²) in [5.41, 5.74) is 7.35. The summed E-state index contributed by atoms with van der Waals surface area (Å²) in [6.45, 7) is 7.15. The average Bonchev–Trinajstić information content (AvgIpc) is 2.60. The molecule has 0 aliphatic carbocycles. The Labute approximate surface area is 145 Å². The van der Waals surface area contributed by atoms with Gasteiger partial charge in [0.15, 0.2) is 0 Å². The SMILES string of the molecule is C=Cc1cc(S(=O)[O-])cc(C(=O)OC)c1C=C.Nc1ccccc1.[HH]. The van der Waals surface area contributed by atoms with Crippen molar-refractivity contribution in [2.45, 2.75) is 4.90 Å². The van der Waals surface area contributed by atoms with E-state index in [1.54, 1.807) is 0 Å². The number of nitrogen functional groups attached to an aromatic ring is 1. The zero-order valence-corrected chi connectivity index (χ0v) is 14.0. The molecule has 128 valence electrons. The number of ether oxygens (including phenoxy) is 1. The van der Waals surface area contributed by atoms with Crippen molar-refractivity contribution in [2.75, 3.05) is 12.8 Å². The molecule has 1 unspecified atom stereocenters. The van der Waals surface area contributed by atoms with Crippen LogP contribution in [-0.4, -0.2) is 21.8 Å². The first-order chi connectivity index (χ1) is 11.4. The van der Waals surface area contributed by atoms with Crippen LogP contribution in [-0.2, 0) is 15.8 Å². The number of hydrogen-bond acceptors (Lipinski definition) is 5. The van der Waals surface area contributed by atoms with Gasteiger partial charge in [-0.3, -0.25) is 4.21 Å². The Bertz CT molecular complexity index is 763. The van der Waals surface area contributed by atoms with E-state index in [4.69, 9.17) is 5.73 Å². The third-order valence-electron chi connectivity index (χ3n) is 3.01. The van der Waals surface area contributed by atoms with Crippen LogP contribution in [0.25, 0.3) is 12.2 Å². The molecule has 6 heteroatoms. The Kier molecular flexibility index (Phi) is 7.61. The fourth-order valence-corrected chi connectivity index (χ4v) is 2.31. The smallest absolute Gasteiger partial charge is 0.338 e. The molecular formula is C18H20NO4S-. The number of carbonyl (C=O) groups is 1. The van der Waals surface area contributed by atoms with Gasteiger partial charge in [0.05, 0.1) is 12.7 Å². The lowest BCUT2D eigenvalue weighted by atomic mass is 10.0. The van der Waals surface area contributed by atoms with Crippen LogP contribution in [0.4, 0.5) is 5.69 Å². The second kappa shape index (κ2) is 9.44. The van der Waals surface area contributed by atoms with Gasteiger partial charge < -0.3 is 15.0 Å². The van der Waals surface area contributed by atoms with Crippen LogP contribution in [0.2, 0.25) is 0 Å². The van der Waals surface area contributed by atoms with E-state index in [1.165, 1.54) is 31.4 Å². The van der Waals surface area contributed by atoms with Gasteiger partial charge in [-0.15, -0.1) is 0 Å². The maximum atomic E-state index is 11.5. The summed E-state index contributed by atoms with van der Waals surface area (Å²) in [5.74, 6) is -0.615. The van der Waals surface area contributed by atoms with Crippen LogP contribution in [0.15, 0.2) is 60.5 Å². The van der Waals surface area contributed by atoms with E-state index in [2.05, 4.69) is 17.9 Å². The number of benzene rings is 2. The molecule has 0 aliphatic rings. The molecule has 2 rings (SSSR count). The Morgan fingerprint density at radius 3 is 2.25 bits per heavy atom. The van der Waals surface area contributed by atoms with Crippen molar-refractivity contribution >= 4 is 34.9 Å². The quantitative estimate of drug-likeness (QED) is 0.519. The van der Waals surface area contributed by atoms with Crippen molar-refractivity contribution < 1.29 is 19.7 Å². The van der Waals surface area contributed by atoms with Gasteiger partial charge in [-0.05, 0) is 46.5 Å². The summed E-state index contributed by atoms with van der Waals surface area (Å²) in [6, 6.07) is 12.2. The van der Waals surface area contributed by atoms with Gasteiger partial charge in [-0.25, -0.2) is 4.79 Å². The first-order valence-corrected chi connectivity index (χ1v) is 7.93. The molecule has 2 aromatic rings. The predicted molar refractivity (Wildman–Crippen MR) is 98.1 cm³/mol. The van der Waals surface area contributed by atoms with Crippen LogP contribution < -0.4 is 5.73 Å². The third-order valence-corrected chi connectivity index (χ3v) is 3.63. The molecule has 0 spiro atoms. The number of anilines is 1. The van der Waals surface area contributed by atoms with E-state index in [0.717, 1.165) is 5.69 Å². The molecule has 0 bridgehead atoms. The molecule has 0 aromatic heterocycles. The summed E-state index contributed by atoms with van der Waals surface area (Å²) >= 11 is -2.42. The molecule has 0 aliphatic heterocycles. The Morgan fingerprint density at radius 1 is 1.25 bits per heavy atom. The summed E-state index contributed by atoms with van der Waals surface area (Å²) in [6.07, 6.45) is 2.92. The zero-order chi connectivity index (χ0) is 18.1. The molecule has 2 N–H and O–H groups in total. The maximum absolute atomic E-state index is 11.5. The first-order valence-electron chi connectivity index (χ1n) is 6.85. The number of nitrogens with two attached hydrogens (primary N) is 1. The zero-order valence-electron chi connectivity index (χ0n) is 13.2. The molecule has 0 saturated carbocycles. The standard InChI is InChI=1S/C12H12O4S.C6H7N.H2/c1-4-8-6-9(17(14)15)7-11(10(8)5-2)12(13)16-3;7-6-4-2-1-3-5-6;/h4-7H,1-2H2,3H3,(H,14,15);1-5H,7H2;1H/p-1. The van der Waals surface area contributed by atoms with Crippen molar-refractivity contribution in [3.63, 3.8) is 0 Å². The van der Waals surface area contributed by atoms with Gasteiger partial charge in [0, 0.05) is 12.0 Å². The largest absolute Gasteiger partial charge is 0.768 e. The highest BCUT2D eigenvalue weighted by atomic mass is 32.2. The molecule has 0 saturated heterocycles. The average molecular weight is 346 g/mol. The normalized spacial score (nSPS) is 10.8. The Hall–Kier alpha value is -2.70. The minimum atomic E-state index is -2.42. The summed E-state index contributed by atoms with van der Waals surface area (Å²) in [5, 5.41) is 0. The predicted octanol–water partition coefficient (Wildman–Crippen LogP) is 3.51. The Balaban J connectivity index is 0.000000603. The van der Waals surface area contributed by atoms with E-state index >= 15 is 0 Å². The molecule has 2 aromatic carbocycles. The van der Waals surface area contributed by atoms with Crippen LogP contribution in [0.3, 0.4) is 0 Å². The van der Waals surface area contributed by atoms with Crippen molar-refractivity contribution in [3.05, 3.63) is 72.3 Å². The molecule has 0 radical (unpaired) electrons. The van der Waals surface area contributed by atoms with E-state index in [1.807, 2.05) is 30.3 Å². The topological polar surface area (TPSA) is 92.4 Å². The number of para-hydroxylation sites is 1. The molecule has 0 heterocycles. The lowest BCUT2D eigenvalue weighted by Gasteiger charge is -2.12. The van der Waals surface area contributed by atoms with E-state index in [-0.39, 0.29) is 11.9 Å². The van der Waals surface area contributed by atoms with Crippen molar-refractivity contribution in [2.24, 2.45) is 0 Å². The van der Waals surface area contributed by atoms with Crippen molar-refractivity contribution in [1.29, 1.82) is 0 Å². The van der Waals surface area contributed by atoms with Gasteiger partial charge in [0.2, 0.25) is 0 Å². The molecule has 5 nitrogen and oxygen atoms in total. The van der Waals surface area contributed by atoms with E-state index < -0.39 is 17.0 Å². The van der Waals surface area contributed by atoms with Gasteiger partial charge in [-0.1, -0.05) is 43.5 Å². The second-order valence-electron chi connectivity index (χ2n) is 4.52. The number of methoxy groups -OCH3 is 1. The Morgan fingerprint density at radius 2 is 1.88 bits per heavy atom. The van der Waals surface area contributed by atoms with Crippen LogP contribution in [0, 0.1) is 0 Å². The van der Waals surface area contributed by atoms with Crippen molar-refractivity contribution in [1.82, 2.24) is 0 Å². The summed E-state index contributed by atoms with van der Waals surface area (Å²) < 4.78 is 26.4. The van der Waals surface area contributed by atoms with Gasteiger partial charge in [-0.2, -0.15) is 0 Å². The van der Waals surface area contributed by atoms with Crippen LogP contribution in [0.5, 0.6) is 0 Å². The highest BCUT2D eigenvalue weighted by molar-refractivity contribution is 7.79. The van der Waals surface area contributed by atoms with E-state index in [0.29, 0.717) is 11.1 Å². The molecule has 1 atom stereocenters. The second-order valence-corrected chi connectivity index (χ2v) is 5.46. The first kappa shape index (κ1) is 19.3. The van der Waals surface area contributed by atoms with Gasteiger partial charge >= 0.3 is 5.97 Å². The molecular weight excluding hydrogens is 326 g/mol. The summed E-state index contributed by atoms with van der Waals surface area (Å²) in [7, 11) is 1.23.